The van der Waals surface area contributed by atoms with Crippen molar-refractivity contribution in [3.8, 4) is 5.75 Å². The number of aliphatic hydroxyl groups is 1. The molecule has 1 aliphatic rings. The smallest absolute Gasteiger partial charge is 0.123 e. The summed E-state index contributed by atoms with van der Waals surface area (Å²) in [5.74, 6) is 1.07. The Hall–Kier alpha value is -1.13. The predicted molar refractivity (Wildman–Crippen MR) is 68.1 cm³/mol. The number of hydrogen-bond acceptors (Lipinski definition) is 3. The maximum atomic E-state index is 12.7. The number of nitrogens with zero attached hydrogens (tertiary/aromatic N) is 1. The molecule has 1 saturated carbocycles. The SMILES string of the molecule is CN(CCOc1ccc(F)cc1)CC1CC(O)C1. The lowest BCUT2D eigenvalue weighted by atomic mass is 9.82. The third-order valence-electron chi connectivity index (χ3n) is 3.34. The predicted octanol–water partition coefficient (Wildman–Crippen LogP) is 1.91. The molecule has 1 N–H and O–H groups in total. The first-order valence-corrected chi connectivity index (χ1v) is 6.38. The van der Waals surface area contributed by atoms with E-state index in [4.69, 9.17) is 4.74 Å². The van der Waals surface area contributed by atoms with Crippen LogP contribution < -0.4 is 4.74 Å². The molecule has 1 aromatic carbocycles. The van der Waals surface area contributed by atoms with Crippen LogP contribution in [0.2, 0.25) is 0 Å². The Morgan fingerprint density at radius 2 is 2.00 bits per heavy atom. The first-order chi connectivity index (χ1) is 8.63. The summed E-state index contributed by atoms with van der Waals surface area (Å²) in [6, 6.07) is 6.07. The molecule has 1 fully saturated rings. The van der Waals surface area contributed by atoms with Gasteiger partial charge in [0.2, 0.25) is 0 Å². The van der Waals surface area contributed by atoms with E-state index in [0.29, 0.717) is 18.3 Å². The van der Waals surface area contributed by atoms with E-state index in [1.807, 2.05) is 0 Å². The lowest BCUT2D eigenvalue weighted by Gasteiger charge is -2.34. The van der Waals surface area contributed by atoms with Gasteiger partial charge in [0.1, 0.15) is 18.2 Å². The summed E-state index contributed by atoms with van der Waals surface area (Å²) < 4.78 is 18.2. The molecule has 2 rings (SSSR count). The number of halogens is 1. The second-order valence-corrected chi connectivity index (χ2v) is 5.06. The van der Waals surface area contributed by atoms with E-state index in [0.717, 1.165) is 25.9 Å². The molecule has 0 aromatic heterocycles. The second-order valence-electron chi connectivity index (χ2n) is 5.06. The molecular weight excluding hydrogens is 233 g/mol. The molecule has 0 amide bonds. The van der Waals surface area contributed by atoms with Gasteiger partial charge in [-0.3, -0.25) is 0 Å². The summed E-state index contributed by atoms with van der Waals surface area (Å²) in [6.45, 7) is 2.44. The molecule has 0 bridgehead atoms. The van der Waals surface area contributed by atoms with Crippen molar-refractivity contribution < 1.29 is 14.2 Å². The number of ether oxygens (including phenoxy) is 1. The van der Waals surface area contributed by atoms with Crippen LogP contribution in [-0.4, -0.2) is 42.9 Å². The summed E-state index contributed by atoms with van der Waals surface area (Å²) >= 11 is 0. The molecular formula is C14H20FNO2. The normalized spacial score (nSPS) is 22.9. The van der Waals surface area contributed by atoms with Gasteiger partial charge in [0.15, 0.2) is 0 Å². The average molecular weight is 253 g/mol. The molecule has 3 nitrogen and oxygen atoms in total. The van der Waals surface area contributed by atoms with Crippen LogP contribution in [0.15, 0.2) is 24.3 Å². The van der Waals surface area contributed by atoms with Crippen LogP contribution in [0.4, 0.5) is 4.39 Å². The van der Waals surface area contributed by atoms with E-state index in [-0.39, 0.29) is 11.9 Å². The van der Waals surface area contributed by atoms with Crippen LogP contribution >= 0.6 is 0 Å². The maximum absolute atomic E-state index is 12.7. The Morgan fingerprint density at radius 1 is 1.33 bits per heavy atom. The van der Waals surface area contributed by atoms with Crippen molar-refractivity contribution in [1.82, 2.24) is 4.90 Å². The van der Waals surface area contributed by atoms with Gasteiger partial charge in [0.05, 0.1) is 6.10 Å². The summed E-state index contributed by atoms with van der Waals surface area (Å²) in [6.07, 6.45) is 1.76. The zero-order valence-corrected chi connectivity index (χ0v) is 10.7. The molecule has 18 heavy (non-hydrogen) atoms. The standard InChI is InChI=1S/C14H20FNO2/c1-16(10-11-8-13(17)9-11)6-7-18-14-4-2-12(15)3-5-14/h2-5,11,13,17H,6-10H2,1H3. The fourth-order valence-electron chi connectivity index (χ4n) is 2.23. The van der Waals surface area contributed by atoms with Crippen LogP contribution in [0, 0.1) is 11.7 Å². The zero-order chi connectivity index (χ0) is 13.0. The van der Waals surface area contributed by atoms with Gasteiger partial charge in [-0.25, -0.2) is 4.39 Å². The third kappa shape index (κ3) is 3.96. The lowest BCUT2D eigenvalue weighted by molar-refractivity contribution is 0.0269. The van der Waals surface area contributed by atoms with Crippen molar-refractivity contribution >= 4 is 0 Å². The van der Waals surface area contributed by atoms with Gasteiger partial charge in [0, 0.05) is 13.1 Å². The minimum atomic E-state index is -0.247. The largest absolute Gasteiger partial charge is 0.492 e. The fraction of sp³-hybridized carbons (Fsp3) is 0.571. The van der Waals surface area contributed by atoms with Gasteiger partial charge in [0.25, 0.3) is 0 Å². The highest BCUT2D eigenvalue weighted by atomic mass is 19.1. The van der Waals surface area contributed by atoms with Crippen molar-refractivity contribution in [2.24, 2.45) is 5.92 Å². The fourth-order valence-corrected chi connectivity index (χ4v) is 2.23. The van der Waals surface area contributed by atoms with Gasteiger partial charge in [-0.2, -0.15) is 0 Å². The van der Waals surface area contributed by atoms with Crippen molar-refractivity contribution in [3.05, 3.63) is 30.1 Å². The van der Waals surface area contributed by atoms with E-state index < -0.39 is 0 Å². The van der Waals surface area contributed by atoms with E-state index in [9.17, 15) is 9.50 Å². The molecule has 0 spiro atoms. The Bertz CT molecular complexity index is 363. The molecule has 100 valence electrons. The highest BCUT2D eigenvalue weighted by Crippen LogP contribution is 2.27. The monoisotopic (exact) mass is 253 g/mol. The Kier molecular flexibility index (Phi) is 4.55. The molecule has 4 heteroatoms. The molecule has 0 radical (unpaired) electrons. The van der Waals surface area contributed by atoms with Crippen LogP contribution in [0.25, 0.3) is 0 Å². The Morgan fingerprint density at radius 3 is 2.61 bits per heavy atom. The average Bonchev–Trinajstić information content (AvgIpc) is 2.30. The van der Waals surface area contributed by atoms with Gasteiger partial charge in [-0.05, 0) is 50.1 Å². The lowest BCUT2D eigenvalue weighted by Crippen LogP contribution is -2.38. The summed E-state index contributed by atoms with van der Waals surface area (Å²) in [5, 5.41) is 9.20. The van der Waals surface area contributed by atoms with Gasteiger partial charge < -0.3 is 14.7 Å². The van der Waals surface area contributed by atoms with Crippen molar-refractivity contribution in [3.63, 3.8) is 0 Å². The molecule has 1 aliphatic carbocycles. The minimum Gasteiger partial charge on any atom is -0.492 e. The third-order valence-corrected chi connectivity index (χ3v) is 3.34. The van der Waals surface area contributed by atoms with E-state index >= 15 is 0 Å². The zero-order valence-electron chi connectivity index (χ0n) is 10.7. The van der Waals surface area contributed by atoms with Crippen LogP contribution in [-0.2, 0) is 0 Å². The molecule has 0 aliphatic heterocycles. The summed E-state index contributed by atoms with van der Waals surface area (Å²) in [4.78, 5) is 2.21. The number of aliphatic hydroxyl groups excluding tert-OH is 1. The number of rotatable bonds is 6. The second kappa shape index (κ2) is 6.16. The van der Waals surface area contributed by atoms with Gasteiger partial charge in [-0.15, -0.1) is 0 Å². The Labute approximate surface area is 107 Å². The summed E-state index contributed by atoms with van der Waals surface area (Å²) in [5.41, 5.74) is 0. The van der Waals surface area contributed by atoms with E-state index in [2.05, 4.69) is 11.9 Å². The van der Waals surface area contributed by atoms with Crippen molar-refractivity contribution in [2.75, 3.05) is 26.7 Å². The topological polar surface area (TPSA) is 32.7 Å². The van der Waals surface area contributed by atoms with Crippen LogP contribution in [0.3, 0.4) is 0 Å². The van der Waals surface area contributed by atoms with E-state index in [1.165, 1.54) is 12.1 Å². The first-order valence-electron chi connectivity index (χ1n) is 6.38. The van der Waals surface area contributed by atoms with Gasteiger partial charge >= 0.3 is 0 Å². The van der Waals surface area contributed by atoms with Crippen LogP contribution in [0.1, 0.15) is 12.8 Å². The first kappa shape index (κ1) is 13.3. The number of hydrogen-bond donors (Lipinski definition) is 1. The highest BCUT2D eigenvalue weighted by molar-refractivity contribution is 5.21. The molecule has 1 aromatic rings. The molecule has 0 saturated heterocycles. The van der Waals surface area contributed by atoms with Gasteiger partial charge in [-0.1, -0.05) is 0 Å². The van der Waals surface area contributed by atoms with Crippen LogP contribution in [0.5, 0.6) is 5.75 Å². The maximum Gasteiger partial charge on any atom is 0.123 e. The highest BCUT2D eigenvalue weighted by Gasteiger charge is 2.27. The Balaban J connectivity index is 1.61. The van der Waals surface area contributed by atoms with Crippen molar-refractivity contribution in [1.29, 1.82) is 0 Å². The minimum absolute atomic E-state index is 0.0844. The molecule has 0 atom stereocenters. The molecule has 0 unspecified atom stereocenters. The quantitative estimate of drug-likeness (QED) is 0.840. The molecule has 0 heterocycles. The number of benzene rings is 1. The van der Waals surface area contributed by atoms with Crippen molar-refractivity contribution in [2.45, 2.75) is 18.9 Å². The number of likely N-dealkylation sites (N-methyl/N-ethyl adjacent to an activating group) is 1. The summed E-state index contributed by atoms with van der Waals surface area (Å²) in [7, 11) is 2.05. The van der Waals surface area contributed by atoms with E-state index in [1.54, 1.807) is 12.1 Å².